The van der Waals surface area contributed by atoms with E-state index in [4.69, 9.17) is 0 Å². The molecule has 0 saturated carbocycles. The van der Waals surface area contributed by atoms with Gasteiger partial charge < -0.3 is 4.74 Å². The first-order chi connectivity index (χ1) is 14.5. The van der Waals surface area contributed by atoms with Gasteiger partial charge in [-0.25, -0.2) is 4.79 Å². The zero-order valence-corrected chi connectivity index (χ0v) is 16.4. The molecule has 0 atom stereocenters. The zero-order valence-electron chi connectivity index (χ0n) is 16.4. The van der Waals surface area contributed by atoms with Gasteiger partial charge in [0, 0.05) is 0 Å². The van der Waals surface area contributed by atoms with Crippen LogP contribution >= 0.6 is 0 Å². The van der Waals surface area contributed by atoms with Gasteiger partial charge in [-0.05, 0) is 6.42 Å². The molecule has 0 aliphatic rings. The van der Waals surface area contributed by atoms with E-state index in [-0.39, 0.29) is 12.8 Å². The largest absolute Gasteiger partial charge is 0.461 e. The molecule has 0 spiro atoms. The minimum absolute atomic E-state index is 0.155. The average molecular weight is 526 g/mol. The van der Waals surface area contributed by atoms with Crippen LogP contribution in [0.1, 0.15) is 45.4 Å². The maximum atomic E-state index is 13.5. The zero-order chi connectivity index (χ0) is 26.7. The van der Waals surface area contributed by atoms with Crippen LogP contribution in [0.4, 0.5) is 65.9 Å². The summed E-state index contributed by atoms with van der Waals surface area (Å²) in [6, 6.07) is 0. The van der Waals surface area contributed by atoms with Crippen molar-refractivity contribution < 1.29 is 75.4 Å². The van der Waals surface area contributed by atoms with Crippen LogP contribution in [0, 0.1) is 0 Å². The average Bonchev–Trinajstić information content (AvgIpc) is 2.65. The fourth-order valence-electron chi connectivity index (χ4n) is 2.23. The van der Waals surface area contributed by atoms with E-state index in [9.17, 15) is 70.7 Å². The van der Waals surface area contributed by atoms with E-state index in [1.807, 2.05) is 6.92 Å². The van der Waals surface area contributed by atoms with Crippen molar-refractivity contribution in [1.29, 1.82) is 0 Å². The summed E-state index contributed by atoms with van der Waals surface area (Å²) < 4.78 is 199. The molecule has 0 N–H and O–H groups in total. The first-order valence-electron chi connectivity index (χ1n) is 8.99. The SMILES string of the molecule is CCCCCCCCOC(=O)C(F)(F)C(F)(F)C(F)(F)C(F)(F)C(F)(F)C(F)(F)C(F)(F)F. The standard InChI is InChI=1S/C16H17F15O2/c1-2-3-4-5-6-7-8-33-9(32)10(17,18)11(19,20)12(21,22)13(23,24)14(25,26)15(27,28)16(29,30)31/h2-8H2,1H3. The molecule has 0 bridgehead atoms. The Labute approximate surface area is 176 Å². The number of carbonyl (C=O) groups is 1. The molecule has 17 heteroatoms. The molecular weight excluding hydrogens is 509 g/mol. The first-order valence-corrected chi connectivity index (χ1v) is 8.99. The molecule has 0 aliphatic carbocycles. The Kier molecular flexibility index (Phi) is 9.48. The summed E-state index contributed by atoms with van der Waals surface area (Å²) in [6.07, 6.45) is -5.23. The lowest BCUT2D eigenvalue weighted by Gasteiger charge is -2.40. The Morgan fingerprint density at radius 3 is 1.33 bits per heavy atom. The van der Waals surface area contributed by atoms with E-state index in [0.717, 1.165) is 12.8 Å². The van der Waals surface area contributed by atoms with E-state index in [1.54, 1.807) is 0 Å². The highest BCUT2D eigenvalue weighted by atomic mass is 19.4. The number of ether oxygens (including phenoxy) is 1. The third kappa shape index (κ3) is 5.41. The molecule has 0 aliphatic heterocycles. The summed E-state index contributed by atoms with van der Waals surface area (Å²) in [5, 5.41) is 0. The fourth-order valence-corrected chi connectivity index (χ4v) is 2.23. The van der Waals surface area contributed by atoms with Gasteiger partial charge in [-0.2, -0.15) is 65.9 Å². The van der Waals surface area contributed by atoms with Crippen LogP contribution in [-0.4, -0.2) is 54.3 Å². The molecule has 0 radical (unpaired) electrons. The van der Waals surface area contributed by atoms with Crippen LogP contribution in [0.2, 0.25) is 0 Å². The predicted octanol–water partition coefficient (Wildman–Crippen LogP) is 7.26. The van der Waals surface area contributed by atoms with E-state index in [0.29, 0.717) is 12.8 Å². The Hall–Kier alpha value is -1.58. The molecule has 0 aromatic carbocycles. The maximum absolute atomic E-state index is 13.5. The van der Waals surface area contributed by atoms with Crippen molar-refractivity contribution in [1.82, 2.24) is 0 Å². The molecule has 0 aromatic rings. The third-order valence-corrected chi connectivity index (χ3v) is 4.32. The molecule has 0 rings (SSSR count). The van der Waals surface area contributed by atoms with Gasteiger partial charge in [-0.3, -0.25) is 0 Å². The monoisotopic (exact) mass is 526 g/mol. The second-order valence-corrected chi connectivity index (χ2v) is 6.85. The molecule has 0 heterocycles. The van der Waals surface area contributed by atoms with Gasteiger partial charge in [-0.15, -0.1) is 0 Å². The quantitative estimate of drug-likeness (QED) is 0.144. The minimum atomic E-state index is -8.43. The molecule has 2 nitrogen and oxygen atoms in total. The predicted molar refractivity (Wildman–Crippen MR) is 80.1 cm³/mol. The van der Waals surface area contributed by atoms with Gasteiger partial charge in [0.25, 0.3) is 0 Å². The third-order valence-electron chi connectivity index (χ3n) is 4.32. The van der Waals surface area contributed by atoms with Gasteiger partial charge in [0.05, 0.1) is 6.61 Å². The van der Waals surface area contributed by atoms with Crippen molar-refractivity contribution in [3.05, 3.63) is 0 Å². The summed E-state index contributed by atoms with van der Waals surface area (Å²) in [5.74, 6) is -51.6. The van der Waals surface area contributed by atoms with E-state index in [2.05, 4.69) is 4.74 Å². The number of halogens is 15. The number of rotatable bonds is 13. The smallest absolute Gasteiger partial charge is 0.460 e. The van der Waals surface area contributed by atoms with Gasteiger partial charge in [0.15, 0.2) is 0 Å². The Morgan fingerprint density at radius 1 is 0.545 bits per heavy atom. The molecule has 0 aromatic heterocycles. The highest BCUT2D eigenvalue weighted by Crippen LogP contribution is 2.62. The molecule has 33 heavy (non-hydrogen) atoms. The van der Waals surface area contributed by atoms with E-state index in [1.165, 1.54) is 0 Å². The van der Waals surface area contributed by atoms with Gasteiger partial charge >= 0.3 is 47.7 Å². The summed E-state index contributed by atoms with van der Waals surface area (Å²) in [5.41, 5.74) is 0. The molecule has 0 unspecified atom stereocenters. The minimum Gasteiger partial charge on any atom is -0.461 e. The maximum Gasteiger partial charge on any atom is 0.460 e. The summed E-state index contributed by atoms with van der Waals surface area (Å²) in [7, 11) is 0. The summed E-state index contributed by atoms with van der Waals surface area (Å²) in [6.45, 7) is 0.699. The van der Waals surface area contributed by atoms with Crippen LogP contribution < -0.4 is 0 Å². The lowest BCUT2D eigenvalue weighted by atomic mass is 9.91. The van der Waals surface area contributed by atoms with E-state index < -0.39 is 54.3 Å². The van der Waals surface area contributed by atoms with Crippen molar-refractivity contribution >= 4 is 5.97 Å². The lowest BCUT2D eigenvalue weighted by molar-refractivity contribution is -0.450. The van der Waals surface area contributed by atoms with Crippen LogP contribution in [0.25, 0.3) is 0 Å². The number of alkyl halides is 15. The summed E-state index contributed by atoms with van der Waals surface area (Å²) >= 11 is 0. The number of carbonyl (C=O) groups excluding carboxylic acids is 1. The number of unbranched alkanes of at least 4 members (excludes halogenated alkanes) is 5. The summed E-state index contributed by atoms with van der Waals surface area (Å²) in [4.78, 5) is 11.1. The Bertz CT molecular complexity index is 655. The highest BCUT2D eigenvalue weighted by Gasteiger charge is 2.94. The highest BCUT2D eigenvalue weighted by molar-refractivity contribution is 5.79. The molecule has 198 valence electrons. The van der Waals surface area contributed by atoms with Crippen LogP contribution in [0.3, 0.4) is 0 Å². The second-order valence-electron chi connectivity index (χ2n) is 6.85. The number of hydrogen-bond donors (Lipinski definition) is 0. The van der Waals surface area contributed by atoms with Crippen molar-refractivity contribution in [2.24, 2.45) is 0 Å². The van der Waals surface area contributed by atoms with Gasteiger partial charge in [0.2, 0.25) is 0 Å². The lowest BCUT2D eigenvalue weighted by Crippen LogP contribution is -2.73. The van der Waals surface area contributed by atoms with Crippen molar-refractivity contribution in [2.75, 3.05) is 6.61 Å². The van der Waals surface area contributed by atoms with Gasteiger partial charge in [-0.1, -0.05) is 39.0 Å². The second kappa shape index (κ2) is 9.96. The first kappa shape index (κ1) is 31.4. The molecule has 0 saturated heterocycles. The fraction of sp³-hybridized carbons (Fsp3) is 0.938. The van der Waals surface area contributed by atoms with Crippen molar-refractivity contribution in [2.45, 2.75) is 87.2 Å². The number of hydrogen-bond acceptors (Lipinski definition) is 2. The van der Waals surface area contributed by atoms with Crippen LogP contribution in [0.15, 0.2) is 0 Å². The Balaban J connectivity index is 5.78. The number of esters is 1. The van der Waals surface area contributed by atoms with Gasteiger partial charge in [0.1, 0.15) is 0 Å². The molecule has 0 amide bonds. The topological polar surface area (TPSA) is 26.3 Å². The van der Waals surface area contributed by atoms with Crippen LogP contribution in [-0.2, 0) is 9.53 Å². The normalized spacial score (nSPS) is 15.0. The van der Waals surface area contributed by atoms with E-state index >= 15 is 0 Å². The van der Waals surface area contributed by atoms with Crippen LogP contribution in [0.5, 0.6) is 0 Å². The van der Waals surface area contributed by atoms with Crippen molar-refractivity contribution in [3.8, 4) is 0 Å². The molecular formula is C16H17F15O2. The van der Waals surface area contributed by atoms with Crippen molar-refractivity contribution in [3.63, 3.8) is 0 Å². The molecule has 0 fully saturated rings. The Morgan fingerprint density at radius 2 is 0.909 bits per heavy atom.